The predicted octanol–water partition coefficient (Wildman–Crippen LogP) is 6.33. The van der Waals surface area contributed by atoms with Gasteiger partial charge in [-0.05, 0) is 59.4 Å². The van der Waals surface area contributed by atoms with Gasteiger partial charge in [0.2, 0.25) is 5.95 Å². The Labute approximate surface area is 226 Å². The average Bonchev–Trinajstić information content (AvgIpc) is 3.34. The maximum Gasteiger partial charge on any atom is 0.226 e. The summed E-state index contributed by atoms with van der Waals surface area (Å²) in [5.74, 6) is 1.90. The van der Waals surface area contributed by atoms with Crippen LogP contribution in [0.15, 0.2) is 84.1 Å². The maximum atomic E-state index is 13.6. The molecule has 4 aromatic rings. The zero-order valence-corrected chi connectivity index (χ0v) is 22.1. The Balaban J connectivity index is 1.42. The van der Waals surface area contributed by atoms with Crippen molar-refractivity contribution in [2.75, 3.05) is 12.4 Å². The van der Waals surface area contributed by atoms with Crippen molar-refractivity contribution in [2.24, 2.45) is 5.41 Å². The van der Waals surface area contributed by atoms with Crippen LogP contribution in [0.5, 0.6) is 11.5 Å². The number of nitrogens with one attached hydrogen (secondary N) is 1. The molecule has 0 spiro atoms. The van der Waals surface area contributed by atoms with Crippen LogP contribution >= 0.6 is 0 Å². The number of allylic oxidation sites excluding steroid dienone is 2. The summed E-state index contributed by atoms with van der Waals surface area (Å²) >= 11 is 0. The van der Waals surface area contributed by atoms with Gasteiger partial charge in [0.05, 0.1) is 7.11 Å². The summed E-state index contributed by atoms with van der Waals surface area (Å²) < 4.78 is 27.1. The molecule has 198 valence electrons. The molecule has 1 aliphatic heterocycles. The number of ether oxygens (including phenoxy) is 2. The van der Waals surface area contributed by atoms with Gasteiger partial charge in [-0.25, -0.2) is 9.07 Å². The highest BCUT2D eigenvalue weighted by Crippen LogP contribution is 2.46. The Morgan fingerprint density at radius 2 is 1.79 bits per heavy atom. The van der Waals surface area contributed by atoms with Gasteiger partial charge in [-0.1, -0.05) is 50.2 Å². The molecule has 39 heavy (non-hydrogen) atoms. The van der Waals surface area contributed by atoms with E-state index in [1.54, 1.807) is 23.9 Å². The molecular weight excluding hydrogens is 495 g/mol. The van der Waals surface area contributed by atoms with E-state index >= 15 is 0 Å². The van der Waals surface area contributed by atoms with Crippen LogP contribution in [0.2, 0.25) is 0 Å². The van der Waals surface area contributed by atoms with E-state index in [1.165, 1.54) is 12.1 Å². The smallest absolute Gasteiger partial charge is 0.226 e. The second-order valence-electron chi connectivity index (χ2n) is 10.8. The minimum absolute atomic E-state index is 0.0756. The lowest BCUT2D eigenvalue weighted by Crippen LogP contribution is -2.36. The highest BCUT2D eigenvalue weighted by molar-refractivity contribution is 6.00. The Morgan fingerprint density at radius 3 is 2.54 bits per heavy atom. The molecule has 3 aromatic carbocycles. The molecule has 1 aliphatic carbocycles. The van der Waals surface area contributed by atoms with Crippen molar-refractivity contribution in [1.82, 2.24) is 14.8 Å². The number of carbonyl (C=O) groups excluding carboxylic acids is 1. The number of hydrogen-bond acceptors (Lipinski definition) is 6. The SMILES string of the molecule is COc1cc(C2C3=C(CC(C)(C)CC3=O)Nc3nc(-c4ccc(F)cc4)nn32)ccc1OCc1ccccc1. The van der Waals surface area contributed by atoms with Crippen LogP contribution < -0.4 is 14.8 Å². The van der Waals surface area contributed by atoms with E-state index in [9.17, 15) is 9.18 Å². The number of halogens is 1. The van der Waals surface area contributed by atoms with E-state index in [-0.39, 0.29) is 17.0 Å². The lowest BCUT2D eigenvalue weighted by atomic mass is 9.73. The van der Waals surface area contributed by atoms with Crippen LogP contribution in [-0.4, -0.2) is 27.7 Å². The van der Waals surface area contributed by atoms with Gasteiger partial charge < -0.3 is 14.8 Å². The highest BCUT2D eigenvalue weighted by atomic mass is 19.1. The van der Waals surface area contributed by atoms with Crippen LogP contribution in [-0.2, 0) is 11.4 Å². The van der Waals surface area contributed by atoms with E-state index in [1.807, 2.05) is 48.5 Å². The van der Waals surface area contributed by atoms with Gasteiger partial charge >= 0.3 is 0 Å². The maximum absolute atomic E-state index is 13.6. The fourth-order valence-corrected chi connectivity index (χ4v) is 5.35. The molecule has 6 rings (SSSR count). The number of carbonyl (C=O) groups is 1. The van der Waals surface area contributed by atoms with Crippen LogP contribution in [0.25, 0.3) is 11.4 Å². The van der Waals surface area contributed by atoms with E-state index in [4.69, 9.17) is 19.6 Å². The van der Waals surface area contributed by atoms with Crippen molar-refractivity contribution in [2.45, 2.75) is 39.3 Å². The first-order valence-corrected chi connectivity index (χ1v) is 12.9. The van der Waals surface area contributed by atoms with Crippen molar-refractivity contribution < 1.29 is 18.7 Å². The number of anilines is 1. The average molecular weight is 525 g/mol. The van der Waals surface area contributed by atoms with Gasteiger partial charge in [-0.2, -0.15) is 4.98 Å². The molecule has 0 amide bonds. The van der Waals surface area contributed by atoms with Crippen molar-refractivity contribution in [3.05, 3.63) is 101 Å². The number of Topliss-reactive ketones (excluding diaryl/α,β-unsaturated/α-hetero) is 1. The van der Waals surface area contributed by atoms with Gasteiger partial charge in [0, 0.05) is 23.3 Å². The van der Waals surface area contributed by atoms with Crippen molar-refractivity contribution in [1.29, 1.82) is 0 Å². The monoisotopic (exact) mass is 524 g/mol. The quantitative estimate of drug-likeness (QED) is 0.318. The minimum Gasteiger partial charge on any atom is -0.493 e. The summed E-state index contributed by atoms with van der Waals surface area (Å²) in [5.41, 5.74) is 3.92. The lowest BCUT2D eigenvalue weighted by molar-refractivity contribution is -0.118. The van der Waals surface area contributed by atoms with Gasteiger partial charge in [0.25, 0.3) is 0 Å². The second kappa shape index (κ2) is 9.69. The summed E-state index contributed by atoms with van der Waals surface area (Å²) in [6.45, 7) is 4.59. The first-order chi connectivity index (χ1) is 18.8. The molecule has 2 aliphatic rings. The number of methoxy groups -OCH3 is 1. The number of hydrogen-bond donors (Lipinski definition) is 1. The van der Waals surface area contributed by atoms with Gasteiger partial charge in [0.1, 0.15) is 18.5 Å². The summed E-state index contributed by atoms with van der Waals surface area (Å²) in [4.78, 5) is 18.3. The molecule has 1 atom stereocenters. The summed E-state index contributed by atoms with van der Waals surface area (Å²) in [6.07, 6.45) is 1.15. The van der Waals surface area contributed by atoms with Crippen molar-refractivity contribution >= 4 is 11.7 Å². The van der Waals surface area contributed by atoms with Crippen LogP contribution in [0.4, 0.5) is 10.3 Å². The van der Waals surface area contributed by atoms with Crippen molar-refractivity contribution in [3.63, 3.8) is 0 Å². The number of fused-ring (bicyclic) bond motifs is 1. The normalized spacial score (nSPS) is 17.7. The highest BCUT2D eigenvalue weighted by Gasteiger charge is 2.42. The standard InChI is InChI=1S/C31H29FN4O3/c1-31(2)16-23-27(24(37)17-31)28(36-30(33-23)34-29(35-36)20-9-12-22(32)13-10-20)21-11-14-25(26(15-21)38-3)39-18-19-7-5-4-6-8-19/h4-15,28H,16-18H2,1-3H3,(H,33,34,35). The van der Waals surface area contributed by atoms with Crippen LogP contribution in [0, 0.1) is 11.2 Å². The number of ketones is 1. The molecule has 2 heterocycles. The molecule has 0 radical (unpaired) electrons. The molecule has 1 aromatic heterocycles. The first-order valence-electron chi connectivity index (χ1n) is 12.9. The third kappa shape index (κ3) is 4.78. The van der Waals surface area contributed by atoms with Gasteiger partial charge in [-0.15, -0.1) is 5.10 Å². The number of rotatable bonds is 6. The number of benzene rings is 3. The largest absolute Gasteiger partial charge is 0.493 e. The lowest BCUT2D eigenvalue weighted by Gasteiger charge is -2.38. The minimum atomic E-state index is -0.501. The van der Waals surface area contributed by atoms with Crippen molar-refractivity contribution in [3.8, 4) is 22.9 Å². The van der Waals surface area contributed by atoms with E-state index in [2.05, 4.69) is 19.2 Å². The van der Waals surface area contributed by atoms with E-state index in [0.29, 0.717) is 53.9 Å². The van der Waals surface area contributed by atoms with Gasteiger partial charge in [0.15, 0.2) is 23.1 Å². The molecule has 0 saturated carbocycles. The fraction of sp³-hybridized carbons (Fsp3) is 0.258. The van der Waals surface area contributed by atoms with E-state index in [0.717, 1.165) is 16.8 Å². The number of nitrogens with zero attached hydrogens (tertiary/aromatic N) is 3. The van der Waals surface area contributed by atoms with E-state index < -0.39 is 6.04 Å². The Morgan fingerprint density at radius 1 is 1.03 bits per heavy atom. The summed E-state index contributed by atoms with van der Waals surface area (Å²) in [5, 5.41) is 8.17. The molecule has 8 heteroatoms. The fourth-order valence-electron chi connectivity index (χ4n) is 5.35. The van der Waals surface area contributed by atoms with Gasteiger partial charge in [-0.3, -0.25) is 4.79 Å². The third-order valence-electron chi connectivity index (χ3n) is 7.17. The molecule has 1 unspecified atom stereocenters. The zero-order valence-electron chi connectivity index (χ0n) is 22.1. The first kappa shape index (κ1) is 24.9. The van der Waals surface area contributed by atoms with Crippen LogP contribution in [0.1, 0.15) is 43.9 Å². The third-order valence-corrected chi connectivity index (χ3v) is 7.17. The molecule has 0 saturated heterocycles. The number of aromatic nitrogens is 3. The predicted molar refractivity (Wildman–Crippen MR) is 146 cm³/mol. The summed E-state index contributed by atoms with van der Waals surface area (Å²) in [7, 11) is 1.60. The Hall–Kier alpha value is -4.46. The second-order valence-corrected chi connectivity index (χ2v) is 10.8. The molecule has 0 fully saturated rings. The molecular formula is C31H29FN4O3. The molecule has 0 bridgehead atoms. The van der Waals surface area contributed by atoms with Crippen LogP contribution in [0.3, 0.4) is 0 Å². The topological polar surface area (TPSA) is 78.3 Å². The summed E-state index contributed by atoms with van der Waals surface area (Å²) in [6, 6.07) is 21.2. The molecule has 7 nitrogen and oxygen atoms in total. The Bertz CT molecular complexity index is 1580. The molecule has 1 N–H and O–H groups in total. The zero-order chi connectivity index (χ0) is 27.1. The Kier molecular flexibility index (Phi) is 6.17.